The molecule has 0 saturated carbocycles. The van der Waals surface area contributed by atoms with Gasteiger partial charge in [-0.25, -0.2) is 8.78 Å². The summed E-state index contributed by atoms with van der Waals surface area (Å²) in [6.45, 7) is 4.01. The molecule has 0 atom stereocenters. The number of aromatic nitrogens is 4. The largest absolute Gasteiger partial charge is 0.299 e. The van der Waals surface area contributed by atoms with E-state index < -0.39 is 12.2 Å². The minimum Gasteiger partial charge on any atom is -0.201 e. The molecular formula is C14H12F2N4S. The summed E-state index contributed by atoms with van der Waals surface area (Å²) in [7, 11) is 0. The van der Waals surface area contributed by atoms with Gasteiger partial charge in [-0.05, 0) is 43.2 Å². The molecule has 3 aromatic rings. The lowest BCUT2D eigenvalue weighted by atomic mass is 10.2. The molecule has 0 aliphatic heterocycles. The summed E-state index contributed by atoms with van der Waals surface area (Å²) in [4.78, 5) is 1.05. The number of aryl methyl sites for hydroxylation is 2. The summed E-state index contributed by atoms with van der Waals surface area (Å²) in [6.07, 6.45) is -2.70. The Balaban J connectivity index is 2.01. The van der Waals surface area contributed by atoms with Crippen LogP contribution in [-0.4, -0.2) is 19.8 Å². The number of alkyl halides is 2. The standard InChI is InChI=1S/C14H12F2N4S/c1-8-3-4-9(2)10(7-8)21-12-6-5-11-17-18-14(13(15)16)20(11)19-12/h3-7,13H,1-2H3. The van der Waals surface area contributed by atoms with Crippen LogP contribution in [0.4, 0.5) is 8.78 Å². The van der Waals surface area contributed by atoms with Gasteiger partial charge in [-0.1, -0.05) is 23.9 Å². The van der Waals surface area contributed by atoms with Crippen molar-refractivity contribution in [2.75, 3.05) is 0 Å². The first-order valence-electron chi connectivity index (χ1n) is 6.30. The van der Waals surface area contributed by atoms with E-state index in [1.807, 2.05) is 32.0 Å². The second-order valence-electron chi connectivity index (χ2n) is 4.67. The number of fused-ring (bicyclic) bond motifs is 1. The Morgan fingerprint density at radius 3 is 2.67 bits per heavy atom. The summed E-state index contributed by atoms with van der Waals surface area (Å²) in [5.74, 6) is -0.437. The zero-order valence-corrected chi connectivity index (χ0v) is 12.2. The first kappa shape index (κ1) is 13.9. The van der Waals surface area contributed by atoms with Gasteiger partial charge in [-0.15, -0.1) is 10.2 Å². The van der Waals surface area contributed by atoms with Crippen molar-refractivity contribution in [1.82, 2.24) is 19.8 Å². The van der Waals surface area contributed by atoms with E-state index in [-0.39, 0.29) is 0 Å². The smallest absolute Gasteiger partial charge is 0.201 e. The number of nitrogens with zero attached hydrogens (tertiary/aromatic N) is 4. The second kappa shape index (κ2) is 5.40. The highest BCUT2D eigenvalue weighted by atomic mass is 32.2. The minimum absolute atomic E-state index is 0.315. The Bertz CT molecular complexity index is 801. The molecule has 0 spiro atoms. The highest BCUT2D eigenvalue weighted by molar-refractivity contribution is 7.99. The van der Waals surface area contributed by atoms with Crippen molar-refractivity contribution < 1.29 is 8.78 Å². The molecule has 3 rings (SSSR count). The molecule has 7 heteroatoms. The third kappa shape index (κ3) is 2.73. The average molecular weight is 306 g/mol. The monoisotopic (exact) mass is 306 g/mol. The molecule has 0 aliphatic rings. The molecule has 0 aliphatic carbocycles. The van der Waals surface area contributed by atoms with Gasteiger partial charge in [0.2, 0.25) is 5.82 Å². The third-order valence-corrected chi connectivity index (χ3v) is 4.10. The maximum Gasteiger partial charge on any atom is 0.299 e. The van der Waals surface area contributed by atoms with Crippen LogP contribution < -0.4 is 0 Å². The van der Waals surface area contributed by atoms with Crippen LogP contribution in [0.2, 0.25) is 0 Å². The molecule has 0 amide bonds. The zero-order chi connectivity index (χ0) is 15.0. The average Bonchev–Trinajstić information content (AvgIpc) is 2.86. The lowest BCUT2D eigenvalue weighted by Crippen LogP contribution is -2.00. The van der Waals surface area contributed by atoms with Crippen molar-refractivity contribution in [3.8, 4) is 0 Å². The molecule has 108 valence electrons. The fourth-order valence-electron chi connectivity index (χ4n) is 1.91. The Labute approximate surface area is 124 Å². The van der Waals surface area contributed by atoms with Gasteiger partial charge in [0.05, 0.1) is 0 Å². The first-order chi connectivity index (χ1) is 10.0. The molecular weight excluding hydrogens is 294 g/mol. The van der Waals surface area contributed by atoms with Gasteiger partial charge in [0.1, 0.15) is 5.03 Å². The predicted octanol–water partition coefficient (Wildman–Crippen LogP) is 3.83. The quantitative estimate of drug-likeness (QED) is 0.737. The Kier molecular flexibility index (Phi) is 3.59. The molecule has 0 fully saturated rings. The molecule has 0 N–H and O–H groups in total. The maximum absolute atomic E-state index is 12.8. The molecule has 0 radical (unpaired) electrons. The van der Waals surface area contributed by atoms with Gasteiger partial charge in [0.25, 0.3) is 6.43 Å². The normalized spacial score (nSPS) is 11.5. The Morgan fingerprint density at radius 1 is 1.10 bits per heavy atom. The van der Waals surface area contributed by atoms with Crippen LogP contribution in [0.5, 0.6) is 0 Å². The second-order valence-corrected chi connectivity index (χ2v) is 5.73. The molecule has 0 bridgehead atoms. The van der Waals surface area contributed by atoms with E-state index in [1.54, 1.807) is 12.1 Å². The molecule has 1 aromatic carbocycles. The molecule has 2 heterocycles. The fourth-order valence-corrected chi connectivity index (χ4v) is 2.87. The Morgan fingerprint density at radius 2 is 1.90 bits per heavy atom. The van der Waals surface area contributed by atoms with E-state index in [0.29, 0.717) is 10.7 Å². The number of benzene rings is 1. The first-order valence-corrected chi connectivity index (χ1v) is 7.12. The van der Waals surface area contributed by atoms with Crippen molar-refractivity contribution in [2.24, 2.45) is 0 Å². The minimum atomic E-state index is -2.70. The number of halogens is 2. The SMILES string of the molecule is Cc1ccc(C)c(Sc2ccc3nnc(C(F)F)n3n2)c1. The van der Waals surface area contributed by atoms with Gasteiger partial charge in [0.15, 0.2) is 5.65 Å². The topological polar surface area (TPSA) is 43.1 Å². The summed E-state index contributed by atoms with van der Waals surface area (Å²) in [6, 6.07) is 9.50. The molecule has 0 unspecified atom stereocenters. The summed E-state index contributed by atoms with van der Waals surface area (Å²) in [5, 5.41) is 12.0. The summed E-state index contributed by atoms with van der Waals surface area (Å²) in [5.41, 5.74) is 2.57. The van der Waals surface area contributed by atoms with Crippen molar-refractivity contribution in [3.05, 3.63) is 47.3 Å². The van der Waals surface area contributed by atoms with Gasteiger partial charge >= 0.3 is 0 Å². The fraction of sp³-hybridized carbons (Fsp3) is 0.214. The van der Waals surface area contributed by atoms with Crippen molar-refractivity contribution in [1.29, 1.82) is 0 Å². The summed E-state index contributed by atoms with van der Waals surface area (Å²) >= 11 is 1.43. The van der Waals surface area contributed by atoms with Crippen molar-refractivity contribution >= 4 is 17.4 Å². The van der Waals surface area contributed by atoms with Crippen LogP contribution in [0.25, 0.3) is 5.65 Å². The van der Waals surface area contributed by atoms with Crippen LogP contribution in [0.15, 0.2) is 40.3 Å². The van der Waals surface area contributed by atoms with E-state index in [1.165, 1.54) is 11.8 Å². The third-order valence-electron chi connectivity index (χ3n) is 3.02. The number of rotatable bonds is 3. The van der Waals surface area contributed by atoms with E-state index in [2.05, 4.69) is 15.3 Å². The lowest BCUT2D eigenvalue weighted by molar-refractivity contribution is 0.137. The van der Waals surface area contributed by atoms with E-state index >= 15 is 0 Å². The Hall–Kier alpha value is -2.02. The zero-order valence-electron chi connectivity index (χ0n) is 11.4. The van der Waals surface area contributed by atoms with E-state index in [0.717, 1.165) is 20.5 Å². The van der Waals surface area contributed by atoms with Gasteiger partial charge < -0.3 is 0 Å². The molecule has 2 aromatic heterocycles. The van der Waals surface area contributed by atoms with E-state index in [4.69, 9.17) is 0 Å². The van der Waals surface area contributed by atoms with Crippen LogP contribution in [0, 0.1) is 13.8 Å². The molecule has 0 saturated heterocycles. The van der Waals surface area contributed by atoms with Gasteiger partial charge in [0, 0.05) is 4.90 Å². The van der Waals surface area contributed by atoms with Gasteiger partial charge in [-0.3, -0.25) is 0 Å². The van der Waals surface area contributed by atoms with Crippen molar-refractivity contribution in [2.45, 2.75) is 30.2 Å². The van der Waals surface area contributed by atoms with Crippen molar-refractivity contribution in [3.63, 3.8) is 0 Å². The van der Waals surface area contributed by atoms with Crippen LogP contribution >= 0.6 is 11.8 Å². The van der Waals surface area contributed by atoms with Gasteiger partial charge in [-0.2, -0.15) is 9.61 Å². The van der Waals surface area contributed by atoms with Crippen LogP contribution in [-0.2, 0) is 0 Å². The van der Waals surface area contributed by atoms with Crippen LogP contribution in [0.3, 0.4) is 0 Å². The van der Waals surface area contributed by atoms with Crippen LogP contribution in [0.1, 0.15) is 23.4 Å². The molecule has 4 nitrogen and oxygen atoms in total. The number of hydrogen-bond donors (Lipinski definition) is 0. The highest BCUT2D eigenvalue weighted by Gasteiger charge is 2.17. The maximum atomic E-state index is 12.8. The predicted molar refractivity (Wildman–Crippen MR) is 75.8 cm³/mol. The highest BCUT2D eigenvalue weighted by Crippen LogP contribution is 2.30. The summed E-state index contributed by atoms with van der Waals surface area (Å²) < 4.78 is 26.8. The number of hydrogen-bond acceptors (Lipinski definition) is 4. The van der Waals surface area contributed by atoms with E-state index in [9.17, 15) is 8.78 Å². The lowest BCUT2D eigenvalue weighted by Gasteiger charge is -2.06. The molecule has 21 heavy (non-hydrogen) atoms.